The summed E-state index contributed by atoms with van der Waals surface area (Å²) in [6, 6.07) is 3.99. The molecule has 19 heavy (non-hydrogen) atoms. The van der Waals surface area contributed by atoms with Crippen LogP contribution in [0.5, 0.6) is 0 Å². The maximum atomic E-state index is 11.8. The van der Waals surface area contributed by atoms with Gasteiger partial charge in [-0.05, 0) is 23.8 Å². The second kappa shape index (κ2) is 6.53. The summed E-state index contributed by atoms with van der Waals surface area (Å²) in [5.41, 5.74) is 5.97. The molecule has 0 fully saturated rings. The molecule has 0 bridgehead atoms. The number of halogens is 1. The Morgan fingerprint density at radius 2 is 1.79 bits per heavy atom. The van der Waals surface area contributed by atoms with Crippen LogP contribution in [0.3, 0.4) is 0 Å². The number of anilines is 1. The Bertz CT molecular complexity index is 643. The van der Waals surface area contributed by atoms with Gasteiger partial charge in [-0.15, -0.1) is 12.4 Å². The lowest BCUT2D eigenvalue weighted by Crippen LogP contribution is -2.22. The molecule has 110 valence electrons. The van der Waals surface area contributed by atoms with E-state index in [0.29, 0.717) is 5.56 Å². The summed E-state index contributed by atoms with van der Waals surface area (Å²) in [4.78, 5) is 0.104. The fourth-order valence-corrected chi connectivity index (χ4v) is 3.01. The smallest absolute Gasteiger partial charge is 0.296 e. The molecule has 0 aliphatic rings. The van der Waals surface area contributed by atoms with Gasteiger partial charge in [0.2, 0.25) is 0 Å². The fraction of sp³-hybridized carbons (Fsp3) is 0.333. The molecule has 5 N–H and O–H groups in total. The highest BCUT2D eigenvalue weighted by Gasteiger charge is 2.16. The Labute approximate surface area is 118 Å². The number of sulfone groups is 1. The highest BCUT2D eigenvalue weighted by atomic mass is 35.5. The van der Waals surface area contributed by atoms with Gasteiger partial charge in [-0.1, -0.05) is 6.92 Å². The Morgan fingerprint density at radius 3 is 2.21 bits per heavy atom. The van der Waals surface area contributed by atoms with Crippen molar-refractivity contribution in [1.29, 1.82) is 0 Å². The molecule has 0 amide bonds. The van der Waals surface area contributed by atoms with E-state index in [-0.39, 0.29) is 35.3 Å². The topological polar surface area (TPSA) is 132 Å². The zero-order valence-electron chi connectivity index (χ0n) is 10.2. The Kier molecular flexibility index (Phi) is 6.23. The highest BCUT2D eigenvalue weighted by molar-refractivity contribution is 7.91. The number of benzene rings is 1. The molecule has 0 unspecified atom stereocenters. The van der Waals surface area contributed by atoms with Crippen molar-refractivity contribution < 1.29 is 16.8 Å². The first kappa shape index (κ1) is 18.1. The average Bonchev–Trinajstić information content (AvgIpc) is 2.26. The molecule has 0 heterocycles. The first-order valence-electron chi connectivity index (χ1n) is 5.06. The van der Waals surface area contributed by atoms with Crippen LogP contribution in [0.15, 0.2) is 23.1 Å². The zero-order valence-corrected chi connectivity index (χ0v) is 12.6. The lowest BCUT2D eigenvalue weighted by atomic mass is 10.2. The predicted molar refractivity (Wildman–Crippen MR) is 76.0 cm³/mol. The number of nitrogens with one attached hydrogen (secondary N) is 1. The lowest BCUT2D eigenvalue weighted by molar-refractivity contribution is 0.596. The number of nitrogens with two attached hydrogens (primary N) is 2. The van der Waals surface area contributed by atoms with Crippen molar-refractivity contribution >= 4 is 38.1 Å². The second-order valence-corrected chi connectivity index (χ2v) is 7.12. The van der Waals surface area contributed by atoms with Crippen LogP contribution in [-0.4, -0.2) is 22.6 Å². The third kappa shape index (κ3) is 4.96. The van der Waals surface area contributed by atoms with Crippen molar-refractivity contribution in [2.24, 2.45) is 10.9 Å². The van der Waals surface area contributed by atoms with Gasteiger partial charge in [0.05, 0.1) is 16.3 Å². The predicted octanol–water partition coefficient (Wildman–Crippen LogP) is -0.0239. The van der Waals surface area contributed by atoms with E-state index in [9.17, 15) is 16.8 Å². The molecule has 0 aliphatic heterocycles. The maximum absolute atomic E-state index is 11.8. The van der Waals surface area contributed by atoms with E-state index in [2.05, 4.69) is 4.72 Å². The molecule has 0 saturated carbocycles. The van der Waals surface area contributed by atoms with Crippen LogP contribution in [0.1, 0.15) is 12.5 Å². The minimum Gasteiger partial charge on any atom is -0.326 e. The van der Waals surface area contributed by atoms with Crippen LogP contribution in [0, 0.1) is 0 Å². The van der Waals surface area contributed by atoms with Crippen molar-refractivity contribution in [2.75, 3.05) is 10.5 Å². The molecule has 0 atom stereocenters. The van der Waals surface area contributed by atoms with E-state index in [0.717, 1.165) is 0 Å². The highest BCUT2D eigenvalue weighted by Crippen LogP contribution is 2.21. The normalized spacial score (nSPS) is 11.7. The Balaban J connectivity index is 0.00000324. The van der Waals surface area contributed by atoms with Crippen LogP contribution in [-0.2, 0) is 26.6 Å². The summed E-state index contributed by atoms with van der Waals surface area (Å²) in [5.74, 6) is -0.0536. The van der Waals surface area contributed by atoms with Gasteiger partial charge in [-0.2, -0.15) is 8.42 Å². The summed E-state index contributed by atoms with van der Waals surface area (Å²) in [6.07, 6.45) is 0. The van der Waals surface area contributed by atoms with Crippen molar-refractivity contribution in [3.8, 4) is 0 Å². The minimum absolute atomic E-state index is 0. The van der Waals surface area contributed by atoms with Crippen LogP contribution in [0.25, 0.3) is 0 Å². The molecule has 1 aromatic carbocycles. The van der Waals surface area contributed by atoms with Gasteiger partial charge in [0.25, 0.3) is 10.2 Å². The first-order valence-corrected chi connectivity index (χ1v) is 8.25. The third-order valence-electron chi connectivity index (χ3n) is 2.26. The van der Waals surface area contributed by atoms with Gasteiger partial charge in [-0.25, -0.2) is 13.6 Å². The van der Waals surface area contributed by atoms with Gasteiger partial charge < -0.3 is 5.73 Å². The van der Waals surface area contributed by atoms with Crippen molar-refractivity contribution in [3.05, 3.63) is 23.8 Å². The molecule has 0 aromatic heterocycles. The summed E-state index contributed by atoms with van der Waals surface area (Å²) in [5, 5.41) is 4.82. The lowest BCUT2D eigenvalue weighted by Gasteiger charge is -2.10. The number of rotatable bonds is 5. The van der Waals surface area contributed by atoms with Crippen LogP contribution < -0.4 is 15.6 Å². The third-order valence-corrected chi connectivity index (χ3v) is 4.60. The van der Waals surface area contributed by atoms with E-state index < -0.39 is 20.0 Å². The second-order valence-electron chi connectivity index (χ2n) is 3.58. The summed E-state index contributed by atoms with van der Waals surface area (Å²) in [7, 11) is -7.29. The molecular weight excluding hydrogens is 314 g/mol. The zero-order chi connectivity index (χ0) is 14.0. The maximum Gasteiger partial charge on any atom is 0.296 e. The Hall–Kier alpha value is -0.870. The van der Waals surface area contributed by atoms with Gasteiger partial charge >= 0.3 is 0 Å². The SMILES string of the molecule is CCS(=O)(=O)c1ccc(NS(N)(=O)=O)cc1CN.Cl. The van der Waals surface area contributed by atoms with Gasteiger partial charge in [-0.3, -0.25) is 4.72 Å². The van der Waals surface area contributed by atoms with Crippen molar-refractivity contribution in [2.45, 2.75) is 18.4 Å². The molecule has 0 radical (unpaired) electrons. The summed E-state index contributed by atoms with van der Waals surface area (Å²) < 4.78 is 47.3. The monoisotopic (exact) mass is 329 g/mol. The number of hydrogen-bond acceptors (Lipinski definition) is 5. The van der Waals surface area contributed by atoms with E-state index in [1.807, 2.05) is 0 Å². The largest absolute Gasteiger partial charge is 0.326 e. The molecule has 1 aromatic rings. The van der Waals surface area contributed by atoms with E-state index >= 15 is 0 Å². The van der Waals surface area contributed by atoms with Crippen LogP contribution >= 0.6 is 12.4 Å². The fourth-order valence-electron chi connectivity index (χ4n) is 1.43. The van der Waals surface area contributed by atoms with Crippen molar-refractivity contribution in [3.63, 3.8) is 0 Å². The number of hydrogen-bond donors (Lipinski definition) is 3. The van der Waals surface area contributed by atoms with Gasteiger partial charge in [0.1, 0.15) is 0 Å². The molecule has 0 aliphatic carbocycles. The molecule has 7 nitrogen and oxygen atoms in total. The Morgan fingerprint density at radius 1 is 1.21 bits per heavy atom. The average molecular weight is 330 g/mol. The standard InChI is InChI=1S/C9H15N3O4S2.ClH/c1-2-17(13,14)9-4-3-8(5-7(9)6-10)12-18(11,15)16;/h3-5,12H,2,6,10H2,1H3,(H2,11,15,16);1H. The van der Waals surface area contributed by atoms with Crippen LogP contribution in [0.2, 0.25) is 0 Å². The summed E-state index contributed by atoms with van der Waals surface area (Å²) in [6.45, 7) is 1.50. The van der Waals surface area contributed by atoms with E-state index in [1.54, 1.807) is 0 Å². The molecule has 0 spiro atoms. The van der Waals surface area contributed by atoms with Gasteiger partial charge in [0.15, 0.2) is 9.84 Å². The van der Waals surface area contributed by atoms with E-state index in [1.165, 1.54) is 25.1 Å². The molecular formula is C9H16ClN3O4S2. The molecule has 1 rings (SSSR count). The molecule has 10 heteroatoms. The molecule has 0 saturated heterocycles. The van der Waals surface area contributed by atoms with Crippen molar-refractivity contribution in [1.82, 2.24) is 0 Å². The van der Waals surface area contributed by atoms with Crippen LogP contribution in [0.4, 0.5) is 5.69 Å². The van der Waals surface area contributed by atoms with E-state index in [4.69, 9.17) is 10.9 Å². The summed E-state index contributed by atoms with van der Waals surface area (Å²) >= 11 is 0. The quantitative estimate of drug-likeness (QED) is 0.698. The van der Waals surface area contributed by atoms with Gasteiger partial charge in [0, 0.05) is 6.54 Å². The minimum atomic E-state index is -3.90. The first-order chi connectivity index (χ1) is 8.19.